The highest BCUT2D eigenvalue weighted by molar-refractivity contribution is 8.00. The number of aromatic nitrogens is 2. The van der Waals surface area contributed by atoms with Crippen LogP contribution in [0.25, 0.3) is 11.0 Å². The third-order valence-electron chi connectivity index (χ3n) is 5.04. The van der Waals surface area contributed by atoms with Crippen molar-refractivity contribution in [2.24, 2.45) is 0 Å². The lowest BCUT2D eigenvalue weighted by Crippen LogP contribution is -2.17. The molecule has 1 heterocycles. The van der Waals surface area contributed by atoms with Crippen molar-refractivity contribution in [3.8, 4) is 0 Å². The number of amides is 1. The minimum absolute atomic E-state index is 0.128. The van der Waals surface area contributed by atoms with E-state index in [1.165, 1.54) is 24.4 Å². The molecular weight excluding hydrogens is 434 g/mol. The first kappa shape index (κ1) is 22.5. The van der Waals surface area contributed by atoms with Gasteiger partial charge in [0, 0.05) is 6.42 Å². The SMILES string of the molecule is COC(=O)c1ccccc1NC(=O)CSc1nc2ccccc2nc1Cc1ccc(C)cc1. The van der Waals surface area contributed by atoms with E-state index in [4.69, 9.17) is 14.7 Å². The average Bonchev–Trinajstić information content (AvgIpc) is 2.84. The minimum atomic E-state index is -0.501. The van der Waals surface area contributed by atoms with E-state index in [-0.39, 0.29) is 11.7 Å². The van der Waals surface area contributed by atoms with Crippen LogP contribution in [0.1, 0.15) is 27.2 Å². The summed E-state index contributed by atoms with van der Waals surface area (Å²) in [6.07, 6.45) is 0.618. The number of esters is 1. The summed E-state index contributed by atoms with van der Waals surface area (Å²) in [7, 11) is 1.31. The smallest absolute Gasteiger partial charge is 0.339 e. The molecule has 4 aromatic rings. The maximum absolute atomic E-state index is 12.7. The Hall–Kier alpha value is -3.71. The largest absolute Gasteiger partial charge is 0.465 e. The van der Waals surface area contributed by atoms with E-state index >= 15 is 0 Å². The van der Waals surface area contributed by atoms with Gasteiger partial charge in [-0.25, -0.2) is 14.8 Å². The van der Waals surface area contributed by atoms with Crippen molar-refractivity contribution in [3.63, 3.8) is 0 Å². The zero-order valence-corrected chi connectivity index (χ0v) is 19.2. The third-order valence-corrected chi connectivity index (χ3v) is 6.05. The highest BCUT2D eigenvalue weighted by atomic mass is 32.2. The molecule has 0 aliphatic carbocycles. The molecule has 0 unspecified atom stereocenters. The maximum Gasteiger partial charge on any atom is 0.339 e. The molecule has 0 radical (unpaired) electrons. The highest BCUT2D eigenvalue weighted by Crippen LogP contribution is 2.25. The maximum atomic E-state index is 12.7. The number of fused-ring (bicyclic) bond motifs is 1. The Morgan fingerprint density at radius 2 is 1.58 bits per heavy atom. The summed E-state index contributed by atoms with van der Waals surface area (Å²) in [5.41, 5.74) is 5.48. The summed E-state index contributed by atoms with van der Waals surface area (Å²) in [6, 6.07) is 22.8. The van der Waals surface area contributed by atoms with Crippen molar-refractivity contribution in [1.29, 1.82) is 0 Å². The Morgan fingerprint density at radius 3 is 2.30 bits per heavy atom. The van der Waals surface area contributed by atoms with Crippen molar-refractivity contribution in [1.82, 2.24) is 9.97 Å². The number of carbonyl (C=O) groups excluding carboxylic acids is 2. The summed E-state index contributed by atoms with van der Waals surface area (Å²) >= 11 is 1.33. The zero-order chi connectivity index (χ0) is 23.2. The number of nitrogens with one attached hydrogen (secondary N) is 1. The number of methoxy groups -OCH3 is 1. The fraction of sp³-hybridized carbons (Fsp3) is 0.154. The summed E-state index contributed by atoms with van der Waals surface area (Å²) in [5, 5.41) is 3.51. The lowest BCUT2D eigenvalue weighted by atomic mass is 10.1. The van der Waals surface area contributed by atoms with Gasteiger partial charge in [0.15, 0.2) is 0 Å². The summed E-state index contributed by atoms with van der Waals surface area (Å²) in [6.45, 7) is 2.05. The third kappa shape index (κ3) is 5.56. The number of anilines is 1. The molecule has 33 heavy (non-hydrogen) atoms. The molecule has 0 spiro atoms. The first-order valence-electron chi connectivity index (χ1n) is 10.4. The quantitative estimate of drug-likeness (QED) is 0.309. The van der Waals surface area contributed by atoms with Gasteiger partial charge >= 0.3 is 5.97 Å². The van der Waals surface area contributed by atoms with Gasteiger partial charge in [-0.2, -0.15) is 0 Å². The normalized spacial score (nSPS) is 10.7. The van der Waals surface area contributed by atoms with E-state index in [1.807, 2.05) is 24.3 Å². The molecule has 4 rings (SSSR count). The van der Waals surface area contributed by atoms with Crippen LogP contribution in [-0.2, 0) is 16.0 Å². The second-order valence-electron chi connectivity index (χ2n) is 7.50. The van der Waals surface area contributed by atoms with E-state index < -0.39 is 5.97 Å². The summed E-state index contributed by atoms with van der Waals surface area (Å²) in [4.78, 5) is 34.2. The highest BCUT2D eigenvalue weighted by Gasteiger charge is 2.16. The van der Waals surface area contributed by atoms with Crippen LogP contribution in [0, 0.1) is 6.92 Å². The predicted molar refractivity (Wildman–Crippen MR) is 131 cm³/mol. The number of para-hydroxylation sites is 3. The molecule has 0 bridgehead atoms. The molecule has 3 aromatic carbocycles. The van der Waals surface area contributed by atoms with E-state index in [9.17, 15) is 9.59 Å². The molecule has 0 fully saturated rings. The van der Waals surface area contributed by atoms with Crippen molar-refractivity contribution in [3.05, 3.63) is 95.2 Å². The number of hydrogen-bond donors (Lipinski definition) is 1. The number of nitrogens with zero attached hydrogens (tertiary/aromatic N) is 2. The van der Waals surface area contributed by atoms with Crippen LogP contribution in [0.4, 0.5) is 5.69 Å². The number of hydrogen-bond acceptors (Lipinski definition) is 6. The second kappa shape index (κ2) is 10.3. The van der Waals surface area contributed by atoms with Crippen molar-refractivity contribution in [2.75, 3.05) is 18.2 Å². The predicted octanol–water partition coefficient (Wildman–Crippen LogP) is 5.05. The molecule has 1 N–H and O–H groups in total. The van der Waals surface area contributed by atoms with Gasteiger partial charge in [-0.15, -0.1) is 0 Å². The van der Waals surface area contributed by atoms with E-state index in [0.717, 1.165) is 22.3 Å². The van der Waals surface area contributed by atoms with Gasteiger partial charge in [-0.05, 0) is 36.8 Å². The van der Waals surface area contributed by atoms with Gasteiger partial charge in [0.25, 0.3) is 0 Å². The standard InChI is InChI=1S/C26H23N3O3S/c1-17-11-13-18(14-12-17)15-23-25(29-22-10-6-5-9-21(22)27-23)33-16-24(30)28-20-8-4-3-7-19(20)26(31)32-2/h3-14H,15-16H2,1-2H3,(H,28,30). The molecule has 1 aromatic heterocycles. The average molecular weight is 458 g/mol. The number of thioether (sulfide) groups is 1. The van der Waals surface area contributed by atoms with Gasteiger partial charge in [0.1, 0.15) is 5.03 Å². The van der Waals surface area contributed by atoms with Gasteiger partial charge in [-0.1, -0.05) is 65.9 Å². The number of aryl methyl sites for hydroxylation is 1. The van der Waals surface area contributed by atoms with Gasteiger partial charge in [-0.3, -0.25) is 4.79 Å². The molecular formula is C26H23N3O3S. The van der Waals surface area contributed by atoms with Crippen molar-refractivity contribution >= 4 is 40.4 Å². The van der Waals surface area contributed by atoms with Crippen LogP contribution in [0.5, 0.6) is 0 Å². The first-order chi connectivity index (χ1) is 16.0. The fourth-order valence-corrected chi connectivity index (χ4v) is 4.14. The Morgan fingerprint density at radius 1 is 0.909 bits per heavy atom. The molecule has 1 amide bonds. The van der Waals surface area contributed by atoms with E-state index in [0.29, 0.717) is 22.7 Å². The Labute approximate surface area is 196 Å². The van der Waals surface area contributed by atoms with Crippen LogP contribution in [0.2, 0.25) is 0 Å². The molecule has 7 heteroatoms. The molecule has 0 saturated heterocycles. The van der Waals surface area contributed by atoms with Crippen LogP contribution in [0.3, 0.4) is 0 Å². The Bertz CT molecular complexity index is 1310. The monoisotopic (exact) mass is 457 g/mol. The fourth-order valence-electron chi connectivity index (χ4n) is 3.35. The summed E-state index contributed by atoms with van der Waals surface area (Å²) < 4.78 is 4.79. The van der Waals surface area contributed by atoms with Gasteiger partial charge in [0.2, 0.25) is 5.91 Å². The Kier molecular flexibility index (Phi) is 7.00. The Balaban J connectivity index is 1.54. The molecule has 166 valence electrons. The molecule has 0 aliphatic rings. The van der Waals surface area contributed by atoms with Crippen LogP contribution < -0.4 is 5.32 Å². The van der Waals surface area contributed by atoms with Crippen LogP contribution >= 0.6 is 11.8 Å². The van der Waals surface area contributed by atoms with Crippen LogP contribution in [-0.4, -0.2) is 34.7 Å². The lowest BCUT2D eigenvalue weighted by Gasteiger charge is -2.11. The van der Waals surface area contributed by atoms with Crippen LogP contribution in [0.15, 0.2) is 77.8 Å². The van der Waals surface area contributed by atoms with Gasteiger partial charge in [0.05, 0.1) is 40.8 Å². The first-order valence-corrected chi connectivity index (χ1v) is 11.4. The van der Waals surface area contributed by atoms with Crippen molar-refractivity contribution in [2.45, 2.75) is 18.4 Å². The summed E-state index contributed by atoms with van der Waals surface area (Å²) in [5.74, 6) is -0.615. The lowest BCUT2D eigenvalue weighted by molar-refractivity contribution is -0.113. The number of benzene rings is 3. The molecule has 0 saturated carbocycles. The number of ether oxygens (including phenoxy) is 1. The molecule has 0 aliphatic heterocycles. The molecule has 6 nitrogen and oxygen atoms in total. The van der Waals surface area contributed by atoms with E-state index in [2.05, 4.69) is 36.5 Å². The van der Waals surface area contributed by atoms with Gasteiger partial charge < -0.3 is 10.1 Å². The topological polar surface area (TPSA) is 81.2 Å². The minimum Gasteiger partial charge on any atom is -0.465 e. The second-order valence-corrected chi connectivity index (χ2v) is 8.46. The number of carbonyl (C=O) groups is 2. The zero-order valence-electron chi connectivity index (χ0n) is 18.4. The molecule has 0 atom stereocenters. The van der Waals surface area contributed by atoms with Crippen molar-refractivity contribution < 1.29 is 14.3 Å². The van der Waals surface area contributed by atoms with E-state index in [1.54, 1.807) is 24.3 Å². The number of rotatable bonds is 7.